The minimum absolute atomic E-state index is 0. The van der Waals surface area contributed by atoms with Crippen LogP contribution in [0.25, 0.3) is 0 Å². The van der Waals surface area contributed by atoms with E-state index in [0.717, 1.165) is 0 Å². The second kappa shape index (κ2) is 5.93. The Kier molecular flexibility index (Phi) is 8.59. The Hall–Kier alpha value is 0.803. The van der Waals surface area contributed by atoms with Gasteiger partial charge in [0.2, 0.25) is 0 Å². The number of halogens is 1. The van der Waals surface area contributed by atoms with Crippen molar-refractivity contribution in [3.05, 3.63) is 22.4 Å². The predicted molar refractivity (Wildman–Crippen MR) is 27.9 cm³/mol. The van der Waals surface area contributed by atoms with Crippen molar-refractivity contribution < 1.29 is 36.5 Å². The van der Waals surface area contributed by atoms with Gasteiger partial charge in [-0.1, -0.05) is 0 Å². The Balaban J connectivity index is 0. The Morgan fingerprint density at radius 2 is 2.25 bits per heavy atom. The smallest absolute Gasteiger partial charge is 0.0445 e. The normalized spacial score (nSPS) is 6.62. The summed E-state index contributed by atoms with van der Waals surface area (Å²) < 4.78 is 0. The first-order chi connectivity index (χ1) is 2.89. The van der Waals surface area contributed by atoms with E-state index in [4.69, 9.17) is 0 Å². The molecule has 0 N–H and O–H groups in total. The van der Waals surface area contributed by atoms with Crippen molar-refractivity contribution in [2.75, 3.05) is 0 Å². The van der Waals surface area contributed by atoms with E-state index >= 15 is 0 Å². The van der Waals surface area contributed by atoms with Crippen LogP contribution in [0.2, 0.25) is 0 Å². The molecule has 0 saturated heterocycles. The van der Waals surface area contributed by atoms with Crippen molar-refractivity contribution >= 4 is 11.3 Å². The van der Waals surface area contributed by atoms with E-state index in [1.54, 1.807) is 11.3 Å². The van der Waals surface area contributed by atoms with Gasteiger partial charge in [-0.15, -0.1) is 11.3 Å². The standard InChI is InChI=1S/C5H5S.BrH.Zn/c1-5-3-2-4-6-5;;/h2-3H,1H3;1H;/p-1. The second-order valence-corrected chi connectivity index (χ2v) is 2.25. The molecule has 0 aliphatic heterocycles. The Bertz CT molecular complexity index is 116. The number of hydrogen-bond acceptors (Lipinski definition) is 1. The molecule has 0 amide bonds. The molecule has 1 rings (SSSR count). The molecule has 0 aliphatic rings. The molecule has 0 saturated carbocycles. The molecule has 8 heavy (non-hydrogen) atoms. The molecule has 3 heteroatoms. The zero-order valence-corrected chi connectivity index (χ0v) is 10.0. The van der Waals surface area contributed by atoms with Crippen molar-refractivity contribution in [3.8, 4) is 0 Å². The summed E-state index contributed by atoms with van der Waals surface area (Å²) >= 11 is 1.65. The van der Waals surface area contributed by atoms with Gasteiger partial charge in [0.25, 0.3) is 0 Å². The van der Waals surface area contributed by atoms with Crippen LogP contribution in [0.3, 0.4) is 0 Å². The van der Waals surface area contributed by atoms with Gasteiger partial charge in [-0.25, -0.2) is 0 Å². The Labute approximate surface area is 76.8 Å². The SMILES string of the molecule is Cc1cc[c]s1.[Br-].[Zn]. The van der Waals surface area contributed by atoms with Gasteiger partial charge in [-0.05, 0) is 19.1 Å². The third-order valence-electron chi connectivity index (χ3n) is 0.606. The van der Waals surface area contributed by atoms with Gasteiger partial charge in [0.05, 0.1) is 0 Å². The van der Waals surface area contributed by atoms with E-state index in [-0.39, 0.29) is 36.5 Å². The van der Waals surface area contributed by atoms with Gasteiger partial charge >= 0.3 is 0 Å². The summed E-state index contributed by atoms with van der Waals surface area (Å²) in [6.45, 7) is 2.07. The third kappa shape index (κ3) is 3.76. The maximum Gasteiger partial charge on any atom is 0.0445 e. The molecule has 0 unspecified atom stereocenters. The van der Waals surface area contributed by atoms with Crippen LogP contribution in [0, 0.1) is 12.3 Å². The van der Waals surface area contributed by atoms with Gasteiger partial charge in [0.15, 0.2) is 0 Å². The van der Waals surface area contributed by atoms with Gasteiger partial charge in [-0.2, -0.15) is 0 Å². The maximum absolute atomic E-state index is 2.97. The average molecular weight is 242 g/mol. The summed E-state index contributed by atoms with van der Waals surface area (Å²) in [4.78, 5) is 1.33. The molecular weight excluding hydrogens is 237 g/mol. The van der Waals surface area contributed by atoms with Crippen LogP contribution in [0.15, 0.2) is 12.1 Å². The van der Waals surface area contributed by atoms with Crippen LogP contribution in [0.4, 0.5) is 0 Å². The Morgan fingerprint density at radius 1 is 1.62 bits per heavy atom. The van der Waals surface area contributed by atoms with Crippen LogP contribution >= 0.6 is 11.3 Å². The fourth-order valence-electron chi connectivity index (χ4n) is 0.312. The van der Waals surface area contributed by atoms with Crippen LogP contribution in [-0.4, -0.2) is 0 Å². The zero-order valence-electron chi connectivity index (χ0n) is 4.65. The van der Waals surface area contributed by atoms with Gasteiger partial charge in [0.1, 0.15) is 0 Å². The number of rotatable bonds is 0. The fraction of sp³-hybridized carbons (Fsp3) is 0.200. The largest absolute Gasteiger partial charge is 1.00 e. The molecule has 0 aromatic carbocycles. The van der Waals surface area contributed by atoms with E-state index in [1.165, 1.54) is 4.88 Å². The summed E-state index contributed by atoms with van der Waals surface area (Å²) in [6.07, 6.45) is 0. The van der Waals surface area contributed by atoms with Crippen molar-refractivity contribution in [2.45, 2.75) is 6.92 Å². The first-order valence-electron chi connectivity index (χ1n) is 1.82. The number of thiophene rings is 1. The molecular formula is C5H5BrSZn-. The van der Waals surface area contributed by atoms with E-state index in [2.05, 4.69) is 12.3 Å². The molecule has 0 atom stereocenters. The predicted octanol–water partition coefficient (Wildman–Crippen LogP) is -1.14. The third-order valence-corrected chi connectivity index (χ3v) is 1.32. The Morgan fingerprint density at radius 3 is 2.38 bits per heavy atom. The molecule has 0 spiro atoms. The van der Waals surface area contributed by atoms with E-state index in [0.29, 0.717) is 0 Å². The first kappa shape index (κ1) is 11.6. The quantitative estimate of drug-likeness (QED) is 0.505. The van der Waals surface area contributed by atoms with Crippen molar-refractivity contribution in [1.29, 1.82) is 0 Å². The molecule has 0 aliphatic carbocycles. The monoisotopic (exact) mass is 240 g/mol. The van der Waals surface area contributed by atoms with E-state index in [9.17, 15) is 0 Å². The maximum atomic E-state index is 2.97. The number of aryl methyl sites for hydroxylation is 1. The molecule has 1 aromatic heterocycles. The van der Waals surface area contributed by atoms with Crippen LogP contribution in [-0.2, 0) is 19.5 Å². The van der Waals surface area contributed by atoms with Gasteiger partial charge in [-0.3, -0.25) is 0 Å². The van der Waals surface area contributed by atoms with Crippen LogP contribution in [0.5, 0.6) is 0 Å². The van der Waals surface area contributed by atoms with Gasteiger partial charge in [0, 0.05) is 29.7 Å². The summed E-state index contributed by atoms with van der Waals surface area (Å²) in [6, 6.07) is 3.98. The number of hydrogen-bond donors (Lipinski definition) is 0. The topological polar surface area (TPSA) is 0 Å². The fourth-order valence-corrected chi connectivity index (χ4v) is 0.770. The summed E-state index contributed by atoms with van der Waals surface area (Å²) in [7, 11) is 0. The molecule has 1 radical (unpaired) electrons. The minimum atomic E-state index is 0. The summed E-state index contributed by atoms with van der Waals surface area (Å²) in [5, 5.41) is 2.97. The first-order valence-corrected chi connectivity index (χ1v) is 2.64. The molecule has 41 valence electrons. The molecule has 0 nitrogen and oxygen atoms in total. The average Bonchev–Trinajstić information content (AvgIpc) is 1.86. The van der Waals surface area contributed by atoms with Crippen LogP contribution in [0.1, 0.15) is 4.88 Å². The summed E-state index contributed by atoms with van der Waals surface area (Å²) in [5.74, 6) is 0. The molecule has 1 heterocycles. The zero-order chi connectivity index (χ0) is 4.41. The van der Waals surface area contributed by atoms with Crippen molar-refractivity contribution in [3.63, 3.8) is 0 Å². The molecule has 0 fully saturated rings. The molecule has 1 aromatic rings. The second-order valence-electron chi connectivity index (χ2n) is 1.16. The van der Waals surface area contributed by atoms with Gasteiger partial charge < -0.3 is 17.0 Å². The molecule has 0 bridgehead atoms. The van der Waals surface area contributed by atoms with E-state index in [1.807, 2.05) is 12.1 Å². The minimum Gasteiger partial charge on any atom is -1.00 e. The van der Waals surface area contributed by atoms with E-state index < -0.39 is 0 Å². The van der Waals surface area contributed by atoms with Crippen molar-refractivity contribution in [2.24, 2.45) is 0 Å². The van der Waals surface area contributed by atoms with Crippen molar-refractivity contribution in [1.82, 2.24) is 0 Å². The van der Waals surface area contributed by atoms with Crippen LogP contribution < -0.4 is 17.0 Å². The summed E-state index contributed by atoms with van der Waals surface area (Å²) in [5.41, 5.74) is 0.